The highest BCUT2D eigenvalue weighted by atomic mass is 32.1. The normalized spacial score (nSPS) is 16.6. The van der Waals surface area contributed by atoms with E-state index in [-0.39, 0.29) is 19.1 Å². The maximum Gasteiger partial charge on any atom is 0.410 e. The van der Waals surface area contributed by atoms with Gasteiger partial charge >= 0.3 is 6.09 Å². The number of nitrogens with zero attached hydrogens (tertiary/aromatic N) is 4. The molecule has 2 atom stereocenters. The van der Waals surface area contributed by atoms with Crippen LogP contribution < -0.4 is 16.8 Å². The lowest BCUT2D eigenvalue weighted by Crippen LogP contribution is -2.51. The molecule has 1 saturated heterocycles. The lowest BCUT2D eigenvalue weighted by molar-refractivity contribution is -0.126. The molecule has 2 aromatic heterocycles. The zero-order valence-corrected chi connectivity index (χ0v) is 21.6. The molecule has 0 saturated carbocycles. The first-order chi connectivity index (χ1) is 17.6. The minimum atomic E-state index is -1.12. The van der Waals surface area contributed by atoms with E-state index >= 15 is 0 Å². The predicted molar refractivity (Wildman–Crippen MR) is 135 cm³/mol. The van der Waals surface area contributed by atoms with E-state index in [1.54, 1.807) is 23.6 Å². The number of nitrogens with two attached hydrogens (primary N) is 2. The molecular formula is C24H31N7O5S. The summed E-state index contributed by atoms with van der Waals surface area (Å²) >= 11 is 1.32. The highest BCUT2D eigenvalue weighted by Gasteiger charge is 2.34. The van der Waals surface area contributed by atoms with Crippen LogP contribution in [0.5, 0.6) is 0 Å². The molecule has 13 heteroatoms. The van der Waals surface area contributed by atoms with E-state index in [9.17, 15) is 14.4 Å². The molecule has 12 nitrogen and oxygen atoms in total. The third kappa shape index (κ3) is 6.24. The maximum atomic E-state index is 12.8. The average Bonchev–Trinajstić information content (AvgIpc) is 3.59. The highest BCUT2D eigenvalue weighted by molar-refractivity contribution is 7.15. The summed E-state index contributed by atoms with van der Waals surface area (Å²) in [5.41, 5.74) is 11.9. The van der Waals surface area contributed by atoms with E-state index in [0.717, 1.165) is 5.56 Å². The largest absolute Gasteiger partial charge is 0.443 e. The fourth-order valence-corrected chi connectivity index (χ4v) is 4.84. The molecule has 1 aliphatic heterocycles. The molecule has 0 spiro atoms. The first-order valence-corrected chi connectivity index (χ1v) is 12.8. The number of amides is 3. The summed E-state index contributed by atoms with van der Waals surface area (Å²) in [6, 6.07) is 8.32. The summed E-state index contributed by atoms with van der Waals surface area (Å²) in [5.74, 6) is -0.512. The lowest BCUT2D eigenvalue weighted by Gasteiger charge is -2.24. The van der Waals surface area contributed by atoms with Crippen LogP contribution in [-0.2, 0) is 32.3 Å². The first kappa shape index (κ1) is 26.5. The summed E-state index contributed by atoms with van der Waals surface area (Å²) in [6.45, 7) is 3.99. The van der Waals surface area contributed by atoms with Gasteiger partial charge in [0.2, 0.25) is 16.8 Å². The Hall–Kier alpha value is -3.55. The zero-order valence-electron chi connectivity index (χ0n) is 20.8. The summed E-state index contributed by atoms with van der Waals surface area (Å²) in [6.07, 6.45) is 0.587. The number of thiazole rings is 1. The third-order valence-corrected chi connectivity index (χ3v) is 6.87. The molecule has 0 unspecified atom stereocenters. The van der Waals surface area contributed by atoms with Gasteiger partial charge in [-0.1, -0.05) is 30.3 Å². The number of likely N-dealkylation sites (tertiary alicyclic amines) is 1. The SMILES string of the molecule is CC(C)(N)C(=O)N[C@H](COCc1ccccc1)c1nnc2scc(COC(=O)N3CCC[C@H]3C(N)=O)n12. The zero-order chi connectivity index (χ0) is 26.6. The molecule has 1 aromatic carbocycles. The Morgan fingerprint density at radius 3 is 2.68 bits per heavy atom. The van der Waals surface area contributed by atoms with Gasteiger partial charge in [-0.05, 0) is 32.3 Å². The van der Waals surface area contributed by atoms with Crippen molar-refractivity contribution in [2.24, 2.45) is 11.5 Å². The van der Waals surface area contributed by atoms with Gasteiger partial charge in [0.15, 0.2) is 5.82 Å². The van der Waals surface area contributed by atoms with Crippen LogP contribution in [0.3, 0.4) is 0 Å². The Bertz CT molecular complexity index is 1250. The van der Waals surface area contributed by atoms with Gasteiger partial charge in [-0.2, -0.15) is 0 Å². The standard InChI is InChI=1S/C24H31N7O5S/c1-24(2,26)21(33)27-17(13-35-11-15-7-4-3-5-8-15)20-28-29-22-31(20)16(14-37-22)12-36-23(34)30-10-6-9-18(30)19(25)32/h3-5,7-8,14,17-18H,6,9-13,26H2,1-2H3,(H2,25,32)(H,27,33)/t17-,18+/m1/s1. The van der Waals surface area contributed by atoms with Crippen molar-refractivity contribution in [1.82, 2.24) is 24.8 Å². The van der Waals surface area contributed by atoms with Crippen LogP contribution >= 0.6 is 11.3 Å². The van der Waals surface area contributed by atoms with E-state index in [0.29, 0.717) is 42.5 Å². The van der Waals surface area contributed by atoms with E-state index in [1.807, 2.05) is 30.3 Å². The van der Waals surface area contributed by atoms with E-state index < -0.39 is 29.6 Å². The number of carbonyl (C=O) groups is 3. The number of carbonyl (C=O) groups excluding carboxylic acids is 3. The first-order valence-electron chi connectivity index (χ1n) is 11.9. The lowest BCUT2D eigenvalue weighted by atomic mass is 10.1. The summed E-state index contributed by atoms with van der Waals surface area (Å²) in [4.78, 5) is 39.0. The Labute approximate surface area is 217 Å². The molecule has 1 fully saturated rings. The number of aromatic nitrogens is 3. The second-order valence-corrected chi connectivity index (χ2v) is 10.3. The monoisotopic (exact) mass is 529 g/mol. The number of primary amides is 1. The van der Waals surface area contributed by atoms with Gasteiger partial charge in [-0.25, -0.2) is 4.79 Å². The van der Waals surface area contributed by atoms with Gasteiger partial charge < -0.3 is 26.3 Å². The van der Waals surface area contributed by atoms with Gasteiger partial charge in [0, 0.05) is 11.9 Å². The number of hydrogen-bond acceptors (Lipinski definition) is 9. The van der Waals surface area contributed by atoms with Crippen molar-refractivity contribution in [2.75, 3.05) is 13.2 Å². The molecule has 3 amide bonds. The minimum absolute atomic E-state index is 0.0836. The van der Waals surface area contributed by atoms with Gasteiger partial charge in [-0.15, -0.1) is 21.5 Å². The Morgan fingerprint density at radius 1 is 1.22 bits per heavy atom. The van der Waals surface area contributed by atoms with Gasteiger partial charge in [0.1, 0.15) is 18.7 Å². The molecular weight excluding hydrogens is 498 g/mol. The predicted octanol–water partition coefficient (Wildman–Crippen LogP) is 1.49. The van der Waals surface area contributed by atoms with Crippen molar-refractivity contribution in [3.05, 3.63) is 52.8 Å². The number of fused-ring (bicyclic) bond motifs is 1. The van der Waals surface area contributed by atoms with Crippen LogP contribution in [0.25, 0.3) is 4.96 Å². The number of ether oxygens (including phenoxy) is 2. The van der Waals surface area contributed by atoms with Crippen LogP contribution in [-0.4, -0.2) is 62.1 Å². The van der Waals surface area contributed by atoms with E-state index in [1.165, 1.54) is 16.2 Å². The van der Waals surface area contributed by atoms with Crippen molar-refractivity contribution in [2.45, 2.75) is 57.5 Å². The second kappa shape index (κ2) is 11.2. The molecule has 0 aliphatic carbocycles. The maximum absolute atomic E-state index is 12.8. The Balaban J connectivity index is 1.52. The summed E-state index contributed by atoms with van der Waals surface area (Å²) < 4.78 is 13.2. The van der Waals surface area contributed by atoms with Crippen LogP contribution in [0, 0.1) is 0 Å². The molecule has 0 radical (unpaired) electrons. The fourth-order valence-electron chi connectivity index (χ4n) is 4.02. The third-order valence-electron chi connectivity index (χ3n) is 6.00. The Kier molecular flexibility index (Phi) is 8.05. The van der Waals surface area contributed by atoms with Crippen LogP contribution in [0.4, 0.5) is 4.79 Å². The van der Waals surface area contributed by atoms with Crippen LogP contribution in [0.2, 0.25) is 0 Å². The van der Waals surface area contributed by atoms with E-state index in [4.69, 9.17) is 20.9 Å². The summed E-state index contributed by atoms with van der Waals surface area (Å²) in [5, 5.41) is 13.2. The molecule has 0 bridgehead atoms. The fraction of sp³-hybridized carbons (Fsp3) is 0.458. The van der Waals surface area contributed by atoms with Crippen molar-refractivity contribution in [3.63, 3.8) is 0 Å². The molecule has 198 valence electrons. The molecule has 37 heavy (non-hydrogen) atoms. The van der Waals surface area contributed by atoms with Gasteiger partial charge in [0.25, 0.3) is 0 Å². The highest BCUT2D eigenvalue weighted by Crippen LogP contribution is 2.24. The Morgan fingerprint density at radius 2 is 1.97 bits per heavy atom. The van der Waals surface area contributed by atoms with Crippen molar-refractivity contribution in [3.8, 4) is 0 Å². The minimum Gasteiger partial charge on any atom is -0.443 e. The average molecular weight is 530 g/mol. The molecule has 3 aromatic rings. The number of hydrogen-bond donors (Lipinski definition) is 3. The van der Waals surface area contributed by atoms with Gasteiger partial charge in [0.05, 0.1) is 24.4 Å². The quantitative estimate of drug-likeness (QED) is 0.355. The van der Waals surface area contributed by atoms with Crippen molar-refractivity contribution >= 4 is 34.2 Å². The molecule has 1 aliphatic rings. The topological polar surface area (TPSA) is 167 Å². The molecule has 5 N–H and O–H groups in total. The molecule has 4 rings (SSSR count). The van der Waals surface area contributed by atoms with Gasteiger partial charge in [-0.3, -0.25) is 18.9 Å². The van der Waals surface area contributed by atoms with Crippen LogP contribution in [0.15, 0.2) is 35.7 Å². The smallest absolute Gasteiger partial charge is 0.410 e. The number of nitrogens with one attached hydrogen (secondary N) is 1. The number of rotatable bonds is 10. The van der Waals surface area contributed by atoms with Crippen molar-refractivity contribution < 1.29 is 23.9 Å². The van der Waals surface area contributed by atoms with E-state index in [2.05, 4.69) is 15.5 Å². The summed E-state index contributed by atoms with van der Waals surface area (Å²) in [7, 11) is 0. The second-order valence-electron chi connectivity index (χ2n) is 9.46. The number of benzene rings is 1. The van der Waals surface area contributed by atoms with Crippen LogP contribution in [0.1, 0.15) is 49.8 Å². The van der Waals surface area contributed by atoms with Crippen molar-refractivity contribution in [1.29, 1.82) is 0 Å². The molecule has 3 heterocycles.